The summed E-state index contributed by atoms with van der Waals surface area (Å²) in [4.78, 5) is 0. The Morgan fingerprint density at radius 1 is 1.10 bits per heavy atom. The minimum absolute atomic E-state index is 0. The zero-order chi connectivity index (χ0) is 15.1. The molecule has 0 spiro atoms. The van der Waals surface area contributed by atoms with Gasteiger partial charge in [0.1, 0.15) is 5.69 Å². The molecule has 0 aromatic heterocycles. The van der Waals surface area contributed by atoms with Crippen molar-refractivity contribution in [2.75, 3.05) is 38.9 Å². The molecule has 0 fully saturated rings. The van der Waals surface area contributed by atoms with Crippen LogP contribution in [0.15, 0.2) is 38.7 Å². The first kappa shape index (κ1) is 24.4. The zero-order valence-electron chi connectivity index (χ0n) is 12.0. The Kier molecular flexibility index (Phi) is 22.5. The third-order valence-electron chi connectivity index (χ3n) is 1.53. The maximum absolute atomic E-state index is 7.34. The Hall–Kier alpha value is -0.606. The van der Waals surface area contributed by atoms with Gasteiger partial charge in [-0.2, -0.15) is 24.8 Å². The molecule has 0 saturated heterocycles. The first-order valence-electron chi connectivity index (χ1n) is 5.04. The molecule has 0 aliphatic carbocycles. The van der Waals surface area contributed by atoms with Gasteiger partial charge in [-0.1, -0.05) is 0 Å². The molecule has 0 atom stereocenters. The van der Waals surface area contributed by atoms with Crippen LogP contribution in [0, 0.1) is 0 Å². The second-order valence-corrected chi connectivity index (χ2v) is 3.24. The van der Waals surface area contributed by atoms with Gasteiger partial charge in [0.15, 0.2) is 0 Å². The van der Waals surface area contributed by atoms with Gasteiger partial charge in [-0.05, 0) is 18.2 Å². The summed E-state index contributed by atoms with van der Waals surface area (Å²) in [5.41, 5.74) is 12.9. The molecule has 8 nitrogen and oxygen atoms in total. The number of nitrogen functional groups attached to an aromatic ring is 2. The monoisotopic (exact) mass is 377 g/mol. The van der Waals surface area contributed by atoms with E-state index in [0.717, 1.165) is 12.0 Å². The number of rotatable bonds is 2. The van der Waals surface area contributed by atoms with Gasteiger partial charge in [-0.3, -0.25) is 0 Å². The Morgan fingerprint density at radius 2 is 1.60 bits per heavy atom. The maximum Gasteiger partial charge on any atom is 0.108 e. The molecule has 0 aliphatic heterocycles. The van der Waals surface area contributed by atoms with Crippen LogP contribution in [0.4, 0.5) is 17.1 Å². The Bertz CT molecular complexity index is 386. The molecule has 0 bridgehead atoms. The topological polar surface area (TPSA) is 131 Å². The summed E-state index contributed by atoms with van der Waals surface area (Å²) in [7, 11) is 4.87. The summed E-state index contributed by atoms with van der Waals surface area (Å²) >= 11 is 0.912. The summed E-state index contributed by atoms with van der Waals surface area (Å²) in [5.74, 6) is 0. The van der Waals surface area contributed by atoms with Crippen LogP contribution in [-0.4, -0.2) is 32.7 Å². The molecule has 0 saturated carbocycles. The van der Waals surface area contributed by atoms with Gasteiger partial charge in [0, 0.05) is 77.8 Å². The molecule has 0 aliphatic rings. The number of anilines is 2. The third-order valence-corrected chi connectivity index (χ3v) is 1.68. The van der Waals surface area contributed by atoms with E-state index < -0.39 is 0 Å². The molecule has 111 valence electrons. The van der Waals surface area contributed by atoms with Crippen molar-refractivity contribution >= 4 is 29.1 Å². The Labute approximate surface area is 148 Å². The van der Waals surface area contributed by atoms with Gasteiger partial charge in [0.25, 0.3) is 0 Å². The van der Waals surface area contributed by atoms with Crippen molar-refractivity contribution in [3.8, 4) is 0 Å². The average Bonchev–Trinajstić information content (AvgIpc) is 2.42. The van der Waals surface area contributed by atoms with E-state index in [1.807, 2.05) is 0 Å². The van der Waals surface area contributed by atoms with Crippen molar-refractivity contribution in [1.29, 1.82) is 0 Å². The fourth-order valence-electron chi connectivity index (χ4n) is 0.772. The van der Waals surface area contributed by atoms with E-state index in [-0.39, 0.29) is 32.7 Å². The van der Waals surface area contributed by atoms with E-state index >= 15 is 0 Å². The van der Waals surface area contributed by atoms with E-state index in [2.05, 4.69) is 24.8 Å². The average molecular weight is 377 g/mol. The van der Waals surface area contributed by atoms with Crippen LogP contribution in [-0.2, 0) is 37.0 Å². The van der Waals surface area contributed by atoms with Crippen LogP contribution in [0.1, 0.15) is 0 Å². The molecule has 10 heteroatoms. The molecule has 1 aromatic carbocycles. The largest absolute Gasteiger partial charge is 0.399 e. The number of nitrogens with zero attached hydrogens (tertiary/aromatic N) is 4. The Balaban J connectivity index is -0.000000272. The normalized spacial score (nSPS) is 9.25. The van der Waals surface area contributed by atoms with Crippen molar-refractivity contribution in [3.05, 3.63) is 18.2 Å². The molecule has 5 N–H and O–H groups in total. The van der Waals surface area contributed by atoms with Crippen LogP contribution in [0.2, 0.25) is 0 Å². The number of nitrogens with two attached hydrogens (primary N) is 2. The predicted molar refractivity (Wildman–Crippen MR) is 79.6 cm³/mol. The molecule has 1 rings (SSSR count). The number of azo groups is 2. The van der Waals surface area contributed by atoms with E-state index in [1.165, 1.54) is 0 Å². The Morgan fingerprint density at radius 3 is 1.90 bits per heavy atom. The second-order valence-electron chi connectivity index (χ2n) is 2.76. The molecule has 0 unspecified atom stereocenters. The number of hydrogen-bond donors (Lipinski definition) is 3. The van der Waals surface area contributed by atoms with Crippen molar-refractivity contribution in [2.24, 2.45) is 20.5 Å². The van der Waals surface area contributed by atoms with E-state index in [1.54, 1.807) is 45.6 Å². The fourth-order valence-corrected chi connectivity index (χ4v) is 0.772. The van der Waals surface area contributed by atoms with Gasteiger partial charge < -0.3 is 11.5 Å². The minimum atomic E-state index is 0. The number of hydrogen-bond acceptors (Lipinski definition) is 9. The second kappa shape index (κ2) is 18.4. The molecular weight excluding hydrogens is 357 g/mol. The third kappa shape index (κ3) is 15.5. The van der Waals surface area contributed by atoms with Gasteiger partial charge in [0.05, 0.1) is 5.69 Å². The number of benzene rings is 1. The SMILES string of the molecule is CN=NC.CN=Nc1ccc(N)cc1N.CSOO.[Y]. The maximum atomic E-state index is 7.34. The molecule has 1 aromatic rings. The molecule has 1 radical (unpaired) electrons. The van der Waals surface area contributed by atoms with E-state index in [9.17, 15) is 0 Å². The summed E-state index contributed by atoms with van der Waals surface area (Å²) in [6, 6.07) is 5.13. The van der Waals surface area contributed by atoms with Crippen LogP contribution in [0.25, 0.3) is 0 Å². The quantitative estimate of drug-likeness (QED) is 0.240. The van der Waals surface area contributed by atoms with Crippen molar-refractivity contribution in [1.82, 2.24) is 0 Å². The summed E-state index contributed by atoms with van der Waals surface area (Å²) in [6.45, 7) is 0. The van der Waals surface area contributed by atoms with Crippen LogP contribution >= 0.6 is 12.0 Å². The van der Waals surface area contributed by atoms with Gasteiger partial charge in [-0.15, -0.1) is 0 Å². The van der Waals surface area contributed by atoms with Crippen molar-refractivity contribution in [3.63, 3.8) is 0 Å². The minimum Gasteiger partial charge on any atom is -0.399 e. The van der Waals surface area contributed by atoms with E-state index in [0.29, 0.717) is 17.1 Å². The summed E-state index contributed by atoms with van der Waals surface area (Å²) in [5, 5.41) is 21.5. The van der Waals surface area contributed by atoms with Crippen molar-refractivity contribution in [2.45, 2.75) is 0 Å². The van der Waals surface area contributed by atoms with Crippen LogP contribution < -0.4 is 11.5 Å². The van der Waals surface area contributed by atoms with Crippen LogP contribution in [0.3, 0.4) is 0 Å². The first-order valence-corrected chi connectivity index (χ1v) is 6.19. The van der Waals surface area contributed by atoms with Gasteiger partial charge >= 0.3 is 0 Å². The fraction of sp³-hybridized carbons (Fsp3) is 0.400. The van der Waals surface area contributed by atoms with Gasteiger partial charge in [-0.25, -0.2) is 5.26 Å². The summed E-state index contributed by atoms with van der Waals surface area (Å²) in [6.07, 6.45) is 1.62. The standard InChI is InChI=1S/C7H10N4.C2H6N2.CH4O2S.Y/c1-10-11-7-3-2-5(8)4-6(7)9;1-3-4-2;1-4-3-2;/h2-4H,8-9H2,1H3;1-2H3;2H,1H3;. The first-order chi connectivity index (χ1) is 9.06. The zero-order valence-corrected chi connectivity index (χ0v) is 15.7. The predicted octanol–water partition coefficient (Wildman–Crippen LogP) is 3.01. The van der Waals surface area contributed by atoms with Gasteiger partial charge in [0.2, 0.25) is 0 Å². The molecule has 0 amide bonds. The van der Waals surface area contributed by atoms with Crippen molar-refractivity contribution < 1.29 is 42.3 Å². The molecule has 20 heavy (non-hydrogen) atoms. The smallest absolute Gasteiger partial charge is 0.108 e. The summed E-state index contributed by atoms with van der Waals surface area (Å²) < 4.78 is 3.46. The van der Waals surface area contributed by atoms with Crippen LogP contribution in [0.5, 0.6) is 0 Å². The molecule has 0 heterocycles. The molecular formula is C10H20N6O2SY. The van der Waals surface area contributed by atoms with E-state index in [4.69, 9.17) is 16.7 Å².